The monoisotopic (exact) mass is 313 g/mol. The largest absolute Gasteiger partial charge is 0.508 e. The molecule has 0 aliphatic rings. The van der Waals surface area contributed by atoms with E-state index in [9.17, 15) is 19.8 Å². The van der Waals surface area contributed by atoms with Gasteiger partial charge in [-0.25, -0.2) is 4.79 Å². The number of benzene rings is 2. The van der Waals surface area contributed by atoms with Gasteiger partial charge < -0.3 is 15.5 Å². The molecule has 120 valence electrons. The number of aromatic hydroxyl groups is 1. The van der Waals surface area contributed by atoms with Crippen molar-refractivity contribution < 1.29 is 19.8 Å². The predicted octanol–water partition coefficient (Wildman–Crippen LogP) is 2.31. The van der Waals surface area contributed by atoms with Crippen LogP contribution in [0.25, 0.3) is 0 Å². The van der Waals surface area contributed by atoms with Gasteiger partial charge in [0, 0.05) is 6.42 Å². The highest BCUT2D eigenvalue weighted by Crippen LogP contribution is 2.16. The number of rotatable bonds is 6. The van der Waals surface area contributed by atoms with Crippen LogP contribution < -0.4 is 5.32 Å². The summed E-state index contributed by atoms with van der Waals surface area (Å²) in [6.07, 6.45) is 0.156. The van der Waals surface area contributed by atoms with E-state index in [0.717, 1.165) is 11.1 Å². The molecule has 0 aliphatic heterocycles. The molecule has 5 heteroatoms. The van der Waals surface area contributed by atoms with E-state index in [1.165, 1.54) is 12.1 Å². The lowest BCUT2D eigenvalue weighted by Crippen LogP contribution is -2.44. The second-order valence-electron chi connectivity index (χ2n) is 5.40. The van der Waals surface area contributed by atoms with Crippen LogP contribution in [0.3, 0.4) is 0 Å². The minimum absolute atomic E-state index is 0.113. The minimum atomic E-state index is -1.09. The Balaban J connectivity index is 2.05. The van der Waals surface area contributed by atoms with E-state index in [1.54, 1.807) is 19.1 Å². The van der Waals surface area contributed by atoms with Crippen molar-refractivity contribution >= 4 is 11.9 Å². The van der Waals surface area contributed by atoms with Gasteiger partial charge in [-0.05, 0) is 30.2 Å². The number of aliphatic carboxylic acids is 1. The summed E-state index contributed by atoms with van der Waals surface area (Å²) in [5, 5.41) is 21.2. The molecule has 3 N–H and O–H groups in total. The molecule has 0 heterocycles. The van der Waals surface area contributed by atoms with Crippen molar-refractivity contribution in [3.63, 3.8) is 0 Å². The Hall–Kier alpha value is -2.82. The predicted molar refractivity (Wildman–Crippen MR) is 86.2 cm³/mol. The minimum Gasteiger partial charge on any atom is -0.508 e. The van der Waals surface area contributed by atoms with E-state index in [4.69, 9.17) is 0 Å². The fraction of sp³-hybridized carbons (Fsp3) is 0.222. The Labute approximate surface area is 134 Å². The van der Waals surface area contributed by atoms with E-state index >= 15 is 0 Å². The molecule has 2 rings (SSSR count). The van der Waals surface area contributed by atoms with Gasteiger partial charge in [-0.2, -0.15) is 0 Å². The molecule has 0 radical (unpaired) electrons. The van der Waals surface area contributed by atoms with E-state index in [2.05, 4.69) is 5.32 Å². The van der Waals surface area contributed by atoms with Gasteiger partial charge in [0.25, 0.3) is 0 Å². The molecule has 0 saturated carbocycles. The molecule has 0 bridgehead atoms. The van der Waals surface area contributed by atoms with Crippen LogP contribution in [-0.2, 0) is 16.0 Å². The summed E-state index contributed by atoms with van der Waals surface area (Å²) >= 11 is 0. The lowest BCUT2D eigenvalue weighted by molar-refractivity contribution is -0.141. The van der Waals surface area contributed by atoms with E-state index in [0.29, 0.717) is 0 Å². The number of carbonyl (C=O) groups is 2. The quantitative estimate of drug-likeness (QED) is 0.764. The Bertz CT molecular complexity index is 667. The maximum absolute atomic E-state index is 12.3. The van der Waals surface area contributed by atoms with E-state index < -0.39 is 17.9 Å². The molecule has 0 aromatic heterocycles. The first kappa shape index (κ1) is 16.5. The topological polar surface area (TPSA) is 86.6 Å². The maximum atomic E-state index is 12.3. The van der Waals surface area contributed by atoms with Crippen molar-refractivity contribution in [3.05, 3.63) is 65.7 Å². The summed E-state index contributed by atoms with van der Waals surface area (Å²) < 4.78 is 0. The molecule has 0 spiro atoms. The maximum Gasteiger partial charge on any atom is 0.326 e. The first-order valence-corrected chi connectivity index (χ1v) is 7.33. The van der Waals surface area contributed by atoms with Crippen molar-refractivity contribution in [1.29, 1.82) is 0 Å². The number of phenols is 1. The second-order valence-corrected chi connectivity index (χ2v) is 5.40. The van der Waals surface area contributed by atoms with Crippen LogP contribution in [0.1, 0.15) is 24.0 Å². The molecule has 2 atom stereocenters. The highest BCUT2D eigenvalue weighted by molar-refractivity contribution is 5.87. The number of carbonyl (C=O) groups excluding carboxylic acids is 1. The zero-order valence-corrected chi connectivity index (χ0v) is 12.8. The number of carboxylic acid groups (broad SMARTS) is 1. The summed E-state index contributed by atoms with van der Waals surface area (Å²) in [5.74, 6) is -1.74. The second kappa shape index (κ2) is 7.45. The molecular formula is C18H19NO4. The molecule has 0 fully saturated rings. The smallest absolute Gasteiger partial charge is 0.326 e. The summed E-state index contributed by atoms with van der Waals surface area (Å²) in [7, 11) is 0. The zero-order valence-electron chi connectivity index (χ0n) is 12.8. The van der Waals surface area contributed by atoms with Crippen LogP contribution in [-0.4, -0.2) is 28.1 Å². The number of amides is 1. The fourth-order valence-corrected chi connectivity index (χ4v) is 2.26. The summed E-state index contributed by atoms with van der Waals surface area (Å²) in [4.78, 5) is 23.7. The number of hydrogen-bond donors (Lipinski definition) is 3. The Morgan fingerprint density at radius 3 is 2.22 bits per heavy atom. The molecule has 5 nitrogen and oxygen atoms in total. The van der Waals surface area contributed by atoms with Gasteiger partial charge >= 0.3 is 5.97 Å². The summed E-state index contributed by atoms with van der Waals surface area (Å²) in [5.41, 5.74) is 1.56. The SMILES string of the molecule is CC(C(=O)NC(Cc1ccc(O)cc1)C(=O)O)c1ccccc1. The fourth-order valence-electron chi connectivity index (χ4n) is 2.26. The Morgan fingerprint density at radius 1 is 1.04 bits per heavy atom. The van der Waals surface area contributed by atoms with Crippen molar-refractivity contribution in [2.45, 2.75) is 25.3 Å². The first-order chi connectivity index (χ1) is 11.0. The van der Waals surface area contributed by atoms with Gasteiger partial charge in [-0.1, -0.05) is 42.5 Å². The third-order valence-corrected chi connectivity index (χ3v) is 3.68. The van der Waals surface area contributed by atoms with Gasteiger partial charge in [-0.15, -0.1) is 0 Å². The molecule has 0 saturated heterocycles. The van der Waals surface area contributed by atoms with E-state index in [1.807, 2.05) is 30.3 Å². The van der Waals surface area contributed by atoms with Crippen LogP contribution in [0.2, 0.25) is 0 Å². The lowest BCUT2D eigenvalue weighted by atomic mass is 9.99. The van der Waals surface area contributed by atoms with Crippen LogP contribution in [0.5, 0.6) is 5.75 Å². The number of hydrogen-bond acceptors (Lipinski definition) is 3. The van der Waals surface area contributed by atoms with Crippen molar-refractivity contribution in [3.8, 4) is 5.75 Å². The highest BCUT2D eigenvalue weighted by Gasteiger charge is 2.24. The van der Waals surface area contributed by atoms with Gasteiger partial charge in [0.2, 0.25) is 5.91 Å². The Kier molecular flexibility index (Phi) is 5.36. The van der Waals surface area contributed by atoms with Gasteiger partial charge in [0.15, 0.2) is 0 Å². The Morgan fingerprint density at radius 2 is 1.65 bits per heavy atom. The van der Waals surface area contributed by atoms with Gasteiger partial charge in [0.05, 0.1) is 5.92 Å². The molecular weight excluding hydrogens is 294 g/mol. The zero-order chi connectivity index (χ0) is 16.8. The standard InChI is InChI=1S/C18H19NO4/c1-12(14-5-3-2-4-6-14)17(21)19-16(18(22)23)11-13-7-9-15(20)10-8-13/h2-10,12,16,20H,11H2,1H3,(H,19,21)(H,22,23). The molecule has 0 aliphatic carbocycles. The van der Waals surface area contributed by atoms with Crippen LogP contribution in [0, 0.1) is 0 Å². The van der Waals surface area contributed by atoms with Crippen molar-refractivity contribution in [2.24, 2.45) is 0 Å². The first-order valence-electron chi connectivity index (χ1n) is 7.33. The van der Waals surface area contributed by atoms with Crippen molar-refractivity contribution in [2.75, 3.05) is 0 Å². The summed E-state index contributed by atoms with van der Waals surface area (Å²) in [6.45, 7) is 1.74. The highest BCUT2D eigenvalue weighted by atomic mass is 16.4. The third kappa shape index (κ3) is 4.57. The van der Waals surface area contributed by atoms with Crippen LogP contribution >= 0.6 is 0 Å². The number of phenolic OH excluding ortho intramolecular Hbond substituents is 1. The molecule has 2 aromatic rings. The van der Waals surface area contributed by atoms with E-state index in [-0.39, 0.29) is 18.1 Å². The number of nitrogens with one attached hydrogen (secondary N) is 1. The van der Waals surface area contributed by atoms with Crippen LogP contribution in [0.15, 0.2) is 54.6 Å². The molecule has 2 aromatic carbocycles. The van der Waals surface area contributed by atoms with Gasteiger partial charge in [0.1, 0.15) is 11.8 Å². The van der Waals surface area contributed by atoms with Crippen molar-refractivity contribution in [1.82, 2.24) is 5.32 Å². The van der Waals surface area contributed by atoms with Gasteiger partial charge in [-0.3, -0.25) is 4.79 Å². The third-order valence-electron chi connectivity index (χ3n) is 3.68. The number of carboxylic acids is 1. The average Bonchev–Trinajstić information content (AvgIpc) is 2.56. The molecule has 1 amide bonds. The summed E-state index contributed by atoms with van der Waals surface area (Å²) in [6, 6.07) is 14.4. The molecule has 2 unspecified atom stereocenters. The van der Waals surface area contributed by atoms with Crippen LogP contribution in [0.4, 0.5) is 0 Å². The lowest BCUT2D eigenvalue weighted by Gasteiger charge is -2.18. The molecule has 23 heavy (non-hydrogen) atoms. The normalized spacial score (nSPS) is 13.1. The average molecular weight is 313 g/mol.